The molecular weight excluding hydrogens is 265 g/mol. The molecule has 0 aliphatic rings. The van der Waals surface area contributed by atoms with Crippen LogP contribution in [0, 0.1) is 5.82 Å². The monoisotopic (exact) mass is 281 g/mol. The van der Waals surface area contributed by atoms with Crippen LogP contribution in [0.15, 0.2) is 36.9 Å². The number of carboxylic acid groups (broad SMARTS) is 1. The largest absolute Gasteiger partial charge is 0.481 e. The van der Waals surface area contributed by atoms with E-state index in [2.05, 4.69) is 11.9 Å². The van der Waals surface area contributed by atoms with Crippen molar-refractivity contribution in [1.29, 1.82) is 0 Å². The molecule has 1 amide bonds. The van der Waals surface area contributed by atoms with E-state index in [0.29, 0.717) is 5.56 Å². The number of alkyl carbamates (subject to hydrolysis) is 1. The number of rotatable bonds is 6. The summed E-state index contributed by atoms with van der Waals surface area (Å²) in [6, 6.07) is 5.10. The molecule has 1 aromatic rings. The first-order chi connectivity index (χ1) is 9.40. The minimum atomic E-state index is -1.37. The molecule has 1 aromatic carbocycles. The molecule has 0 fully saturated rings. The first-order valence-electron chi connectivity index (χ1n) is 5.91. The second-order valence-corrected chi connectivity index (χ2v) is 4.38. The number of ether oxygens (including phenoxy) is 1. The van der Waals surface area contributed by atoms with Crippen molar-refractivity contribution in [3.63, 3.8) is 0 Å². The van der Waals surface area contributed by atoms with E-state index in [1.54, 1.807) is 0 Å². The second-order valence-electron chi connectivity index (χ2n) is 4.38. The Bertz CT molecular complexity index is 500. The molecule has 20 heavy (non-hydrogen) atoms. The Hall–Kier alpha value is -2.37. The van der Waals surface area contributed by atoms with Crippen molar-refractivity contribution in [2.75, 3.05) is 13.2 Å². The van der Waals surface area contributed by atoms with Gasteiger partial charge in [-0.05, 0) is 24.6 Å². The molecule has 5 nitrogen and oxygen atoms in total. The molecule has 1 atom stereocenters. The fraction of sp³-hybridized carbons (Fsp3) is 0.286. The third-order valence-corrected chi connectivity index (χ3v) is 2.87. The summed E-state index contributed by atoms with van der Waals surface area (Å²) in [5, 5.41) is 11.7. The number of amides is 1. The number of carbonyl (C=O) groups is 2. The van der Waals surface area contributed by atoms with E-state index < -0.39 is 23.3 Å². The van der Waals surface area contributed by atoms with Crippen LogP contribution < -0.4 is 5.32 Å². The molecule has 0 heterocycles. The Morgan fingerprint density at radius 1 is 1.45 bits per heavy atom. The van der Waals surface area contributed by atoms with Gasteiger partial charge in [-0.15, -0.1) is 0 Å². The van der Waals surface area contributed by atoms with Crippen LogP contribution in [0.3, 0.4) is 0 Å². The molecule has 1 rings (SSSR count). The lowest BCUT2D eigenvalue weighted by molar-refractivity contribution is -0.143. The number of carbonyl (C=O) groups excluding carboxylic acids is 1. The molecule has 0 spiro atoms. The minimum absolute atomic E-state index is 0.0339. The van der Waals surface area contributed by atoms with Crippen LogP contribution in [0.25, 0.3) is 0 Å². The summed E-state index contributed by atoms with van der Waals surface area (Å²) in [6.07, 6.45) is 0.662. The zero-order valence-corrected chi connectivity index (χ0v) is 11.1. The van der Waals surface area contributed by atoms with Gasteiger partial charge in [0.25, 0.3) is 0 Å². The predicted octanol–water partition coefficient (Wildman–Crippen LogP) is 2.08. The Balaban J connectivity index is 2.82. The maximum atomic E-state index is 12.9. The summed E-state index contributed by atoms with van der Waals surface area (Å²) >= 11 is 0. The quantitative estimate of drug-likeness (QED) is 0.783. The Labute approximate surface area is 116 Å². The van der Waals surface area contributed by atoms with Gasteiger partial charge < -0.3 is 15.2 Å². The molecule has 108 valence electrons. The molecule has 6 heteroatoms. The predicted molar refractivity (Wildman–Crippen MR) is 70.9 cm³/mol. The SMILES string of the molecule is C=CCOC(=O)NCC(C)(C(=O)O)c1ccc(F)cc1. The van der Waals surface area contributed by atoms with Crippen molar-refractivity contribution in [2.24, 2.45) is 0 Å². The highest BCUT2D eigenvalue weighted by molar-refractivity contribution is 5.82. The van der Waals surface area contributed by atoms with E-state index in [-0.39, 0.29) is 13.2 Å². The summed E-state index contributed by atoms with van der Waals surface area (Å²) in [5.41, 5.74) is -0.989. The zero-order chi connectivity index (χ0) is 15.2. The summed E-state index contributed by atoms with van der Waals surface area (Å²) in [4.78, 5) is 22.8. The van der Waals surface area contributed by atoms with Gasteiger partial charge in [-0.2, -0.15) is 0 Å². The van der Waals surface area contributed by atoms with Crippen LogP contribution in [0.5, 0.6) is 0 Å². The van der Waals surface area contributed by atoms with Crippen LogP contribution in [0.1, 0.15) is 12.5 Å². The summed E-state index contributed by atoms with van der Waals surface area (Å²) in [5.74, 6) is -1.59. The Kier molecular flexibility index (Phi) is 5.25. The Morgan fingerprint density at radius 2 is 2.05 bits per heavy atom. The van der Waals surface area contributed by atoms with Crippen molar-refractivity contribution in [3.8, 4) is 0 Å². The molecule has 1 unspecified atom stereocenters. The van der Waals surface area contributed by atoms with E-state index in [1.807, 2.05) is 0 Å². The molecule has 2 N–H and O–H groups in total. The van der Waals surface area contributed by atoms with Crippen molar-refractivity contribution in [2.45, 2.75) is 12.3 Å². The third-order valence-electron chi connectivity index (χ3n) is 2.87. The number of halogens is 1. The van der Waals surface area contributed by atoms with Crippen molar-refractivity contribution < 1.29 is 23.8 Å². The maximum Gasteiger partial charge on any atom is 0.407 e. The zero-order valence-electron chi connectivity index (χ0n) is 11.1. The minimum Gasteiger partial charge on any atom is -0.481 e. The molecule has 0 saturated carbocycles. The maximum absolute atomic E-state index is 12.9. The van der Waals surface area contributed by atoms with Crippen LogP contribution in [0.2, 0.25) is 0 Å². The highest BCUT2D eigenvalue weighted by Crippen LogP contribution is 2.23. The number of nitrogens with one attached hydrogen (secondary N) is 1. The number of aliphatic carboxylic acids is 1. The van der Waals surface area contributed by atoms with E-state index in [4.69, 9.17) is 4.74 Å². The van der Waals surface area contributed by atoms with Gasteiger partial charge >= 0.3 is 12.1 Å². The molecule has 0 radical (unpaired) electrons. The van der Waals surface area contributed by atoms with Gasteiger partial charge in [0.05, 0.1) is 0 Å². The van der Waals surface area contributed by atoms with E-state index in [9.17, 15) is 19.1 Å². The highest BCUT2D eigenvalue weighted by Gasteiger charge is 2.35. The van der Waals surface area contributed by atoms with Crippen molar-refractivity contribution in [1.82, 2.24) is 5.32 Å². The lowest BCUT2D eigenvalue weighted by Gasteiger charge is -2.25. The number of hydrogen-bond donors (Lipinski definition) is 2. The fourth-order valence-electron chi connectivity index (χ4n) is 1.55. The van der Waals surface area contributed by atoms with E-state index >= 15 is 0 Å². The summed E-state index contributed by atoms with van der Waals surface area (Å²) in [7, 11) is 0. The molecule has 0 aliphatic carbocycles. The summed E-state index contributed by atoms with van der Waals surface area (Å²) < 4.78 is 17.6. The first-order valence-corrected chi connectivity index (χ1v) is 5.91. The van der Waals surface area contributed by atoms with E-state index in [1.165, 1.54) is 37.3 Å². The molecular formula is C14H16FNO4. The standard InChI is InChI=1S/C14H16FNO4/c1-3-8-20-13(19)16-9-14(2,12(17)18)10-4-6-11(15)7-5-10/h3-7H,1,8-9H2,2H3,(H,16,19)(H,17,18). The van der Waals surface area contributed by atoms with Crippen molar-refractivity contribution >= 4 is 12.1 Å². The molecule has 0 aliphatic heterocycles. The van der Waals surface area contributed by atoms with Crippen molar-refractivity contribution in [3.05, 3.63) is 48.3 Å². The first kappa shape index (κ1) is 15.7. The van der Waals surface area contributed by atoms with Gasteiger partial charge in [0, 0.05) is 6.54 Å². The van der Waals surface area contributed by atoms with Gasteiger partial charge in [0.2, 0.25) is 0 Å². The second kappa shape index (κ2) is 6.70. The van der Waals surface area contributed by atoms with Gasteiger partial charge in [0.1, 0.15) is 17.8 Å². The average Bonchev–Trinajstić information content (AvgIpc) is 2.43. The molecule has 0 aromatic heterocycles. The highest BCUT2D eigenvalue weighted by atomic mass is 19.1. The van der Waals surface area contributed by atoms with Crippen LogP contribution in [0.4, 0.5) is 9.18 Å². The number of carboxylic acids is 1. The number of hydrogen-bond acceptors (Lipinski definition) is 3. The Morgan fingerprint density at radius 3 is 2.55 bits per heavy atom. The van der Waals surface area contributed by atoms with Crippen LogP contribution in [-0.2, 0) is 14.9 Å². The smallest absolute Gasteiger partial charge is 0.407 e. The van der Waals surface area contributed by atoms with Gasteiger partial charge in [0.15, 0.2) is 0 Å². The van der Waals surface area contributed by atoms with Gasteiger partial charge in [-0.25, -0.2) is 9.18 Å². The number of benzene rings is 1. The topological polar surface area (TPSA) is 75.6 Å². The normalized spacial score (nSPS) is 13.1. The lowest BCUT2D eigenvalue weighted by Crippen LogP contribution is -2.44. The van der Waals surface area contributed by atoms with E-state index in [0.717, 1.165) is 0 Å². The molecule has 0 bridgehead atoms. The third kappa shape index (κ3) is 3.81. The van der Waals surface area contributed by atoms with Crippen LogP contribution in [-0.4, -0.2) is 30.3 Å². The fourth-order valence-corrected chi connectivity index (χ4v) is 1.55. The van der Waals surface area contributed by atoms with Crippen LogP contribution >= 0.6 is 0 Å². The lowest BCUT2D eigenvalue weighted by atomic mass is 9.82. The summed E-state index contributed by atoms with van der Waals surface area (Å²) in [6.45, 7) is 4.69. The molecule has 0 saturated heterocycles. The van der Waals surface area contributed by atoms with Gasteiger partial charge in [-0.3, -0.25) is 4.79 Å². The average molecular weight is 281 g/mol. The van der Waals surface area contributed by atoms with Gasteiger partial charge in [-0.1, -0.05) is 24.8 Å².